The Balaban J connectivity index is 1.49. The van der Waals surface area contributed by atoms with Gasteiger partial charge in [0.25, 0.3) is 10.0 Å². The minimum Gasteiger partial charge on any atom is -0.336 e. The van der Waals surface area contributed by atoms with Crippen LogP contribution < -0.4 is 0 Å². The molecule has 138 valence electrons. The molecule has 2 saturated carbocycles. The highest BCUT2D eigenvalue weighted by molar-refractivity contribution is 7.91. The first-order chi connectivity index (χ1) is 12.1. The number of piperidine rings is 1. The molecule has 1 saturated heterocycles. The molecule has 2 heterocycles. The van der Waals surface area contributed by atoms with Gasteiger partial charge >= 0.3 is 0 Å². The van der Waals surface area contributed by atoms with Crippen molar-refractivity contribution in [1.29, 1.82) is 0 Å². The molecule has 0 N–H and O–H groups in total. The molecule has 0 spiro atoms. The molecule has 1 aromatic heterocycles. The lowest BCUT2D eigenvalue weighted by molar-refractivity contribution is -0.139. The number of carbonyl (C=O) groups is 1. The number of amides is 1. The average Bonchev–Trinajstić information content (AvgIpc) is 3.07. The van der Waals surface area contributed by atoms with E-state index in [1.807, 2.05) is 0 Å². The zero-order chi connectivity index (χ0) is 17.4. The van der Waals surface area contributed by atoms with Gasteiger partial charge in [0.1, 0.15) is 4.21 Å². The van der Waals surface area contributed by atoms with Crippen LogP contribution in [0.5, 0.6) is 0 Å². The van der Waals surface area contributed by atoms with Crippen LogP contribution in [0, 0.1) is 5.92 Å². The van der Waals surface area contributed by atoms with Crippen LogP contribution in [0.2, 0.25) is 0 Å². The van der Waals surface area contributed by atoms with Gasteiger partial charge in [-0.15, -0.1) is 11.3 Å². The van der Waals surface area contributed by atoms with Crippen molar-refractivity contribution in [2.75, 3.05) is 13.1 Å². The second-order valence-electron chi connectivity index (χ2n) is 7.55. The summed E-state index contributed by atoms with van der Waals surface area (Å²) in [7, 11) is -3.45. The first-order valence-electron chi connectivity index (χ1n) is 9.43. The molecule has 3 fully saturated rings. The molecule has 1 amide bonds. The number of carbonyl (C=O) groups excluding carboxylic acids is 1. The molecule has 1 aliphatic heterocycles. The van der Waals surface area contributed by atoms with Crippen molar-refractivity contribution in [3.8, 4) is 0 Å². The first-order valence-corrected chi connectivity index (χ1v) is 11.7. The van der Waals surface area contributed by atoms with Crippen LogP contribution in [-0.4, -0.2) is 48.7 Å². The highest BCUT2D eigenvalue weighted by atomic mass is 32.2. The second kappa shape index (κ2) is 7.00. The standard InChI is InChI=1S/C18H26N2O3S2/c21-18(20(16-9-10-16)15-6-1-2-7-15)14-5-3-11-19(13-14)25(22,23)17-8-4-12-24-17/h4,8,12,14-16H,1-3,5-7,9-11,13H2. The highest BCUT2D eigenvalue weighted by Gasteiger charge is 2.42. The van der Waals surface area contributed by atoms with E-state index in [-0.39, 0.29) is 11.8 Å². The number of rotatable bonds is 5. The lowest BCUT2D eigenvalue weighted by Gasteiger charge is -2.36. The molecule has 5 nitrogen and oxygen atoms in total. The SMILES string of the molecule is O=C(C1CCCN(S(=O)(=O)c2cccs2)C1)N(C1CCCC1)C1CC1. The Morgan fingerprint density at radius 1 is 1.08 bits per heavy atom. The van der Waals surface area contributed by atoms with Crippen molar-refractivity contribution in [3.05, 3.63) is 17.5 Å². The van der Waals surface area contributed by atoms with Crippen molar-refractivity contribution in [3.63, 3.8) is 0 Å². The minimum atomic E-state index is -3.45. The van der Waals surface area contributed by atoms with Gasteiger partial charge in [-0.2, -0.15) is 4.31 Å². The summed E-state index contributed by atoms with van der Waals surface area (Å²) in [6, 6.07) is 4.23. The third-order valence-corrected chi connectivity index (χ3v) is 8.97. The van der Waals surface area contributed by atoms with Crippen molar-refractivity contribution in [1.82, 2.24) is 9.21 Å². The van der Waals surface area contributed by atoms with Crippen LogP contribution in [0.15, 0.2) is 21.7 Å². The highest BCUT2D eigenvalue weighted by Crippen LogP contribution is 2.37. The third kappa shape index (κ3) is 3.51. The van der Waals surface area contributed by atoms with Crippen LogP contribution in [-0.2, 0) is 14.8 Å². The van der Waals surface area contributed by atoms with E-state index in [1.54, 1.807) is 17.5 Å². The predicted molar refractivity (Wildman–Crippen MR) is 97.9 cm³/mol. The molecular formula is C18H26N2O3S2. The fourth-order valence-electron chi connectivity index (χ4n) is 4.30. The molecule has 1 aromatic rings. The van der Waals surface area contributed by atoms with Gasteiger partial charge in [0.05, 0.1) is 5.92 Å². The molecule has 0 bridgehead atoms. The first kappa shape index (κ1) is 17.5. The fourth-order valence-corrected chi connectivity index (χ4v) is 6.97. The maximum absolute atomic E-state index is 13.2. The quantitative estimate of drug-likeness (QED) is 0.786. The van der Waals surface area contributed by atoms with Crippen LogP contribution in [0.3, 0.4) is 0 Å². The molecule has 0 radical (unpaired) electrons. The Bertz CT molecular complexity index is 707. The van der Waals surface area contributed by atoms with Gasteiger partial charge in [-0.3, -0.25) is 4.79 Å². The van der Waals surface area contributed by atoms with Crippen LogP contribution in [0.1, 0.15) is 51.4 Å². The van der Waals surface area contributed by atoms with Crippen molar-refractivity contribution in [2.24, 2.45) is 5.92 Å². The third-order valence-electron chi connectivity index (χ3n) is 5.74. The monoisotopic (exact) mass is 382 g/mol. The van der Waals surface area contributed by atoms with E-state index in [0.29, 0.717) is 29.4 Å². The number of hydrogen-bond donors (Lipinski definition) is 0. The zero-order valence-electron chi connectivity index (χ0n) is 14.5. The number of sulfonamides is 1. The number of hydrogen-bond acceptors (Lipinski definition) is 4. The van der Waals surface area contributed by atoms with E-state index < -0.39 is 10.0 Å². The summed E-state index contributed by atoms with van der Waals surface area (Å²) < 4.78 is 27.5. The lowest BCUT2D eigenvalue weighted by Crippen LogP contribution is -2.49. The van der Waals surface area contributed by atoms with Gasteiger partial charge in [-0.05, 0) is 50.0 Å². The average molecular weight is 383 g/mol. The Morgan fingerprint density at radius 2 is 1.80 bits per heavy atom. The van der Waals surface area contributed by atoms with Crippen molar-refractivity contribution >= 4 is 27.3 Å². The summed E-state index contributed by atoms with van der Waals surface area (Å²) in [4.78, 5) is 15.4. The van der Waals surface area contributed by atoms with Gasteiger partial charge in [0.15, 0.2) is 0 Å². The largest absolute Gasteiger partial charge is 0.336 e. The molecular weight excluding hydrogens is 356 g/mol. The van der Waals surface area contributed by atoms with E-state index in [4.69, 9.17) is 0 Å². The normalized spacial score (nSPS) is 26.0. The summed E-state index contributed by atoms with van der Waals surface area (Å²) in [5, 5.41) is 1.79. The van der Waals surface area contributed by atoms with E-state index in [2.05, 4.69) is 4.90 Å². The van der Waals surface area contributed by atoms with Crippen LogP contribution in [0.4, 0.5) is 0 Å². The van der Waals surface area contributed by atoms with Crippen LogP contribution in [0.25, 0.3) is 0 Å². The Morgan fingerprint density at radius 3 is 2.44 bits per heavy atom. The topological polar surface area (TPSA) is 57.7 Å². The van der Waals surface area contributed by atoms with E-state index in [1.165, 1.54) is 28.5 Å². The summed E-state index contributed by atoms with van der Waals surface area (Å²) in [5.74, 6) is 0.0326. The van der Waals surface area contributed by atoms with Gasteiger partial charge in [0.2, 0.25) is 5.91 Å². The maximum Gasteiger partial charge on any atom is 0.252 e. The summed E-state index contributed by atoms with van der Waals surface area (Å²) in [6.07, 6.45) is 8.47. The maximum atomic E-state index is 13.2. The van der Waals surface area contributed by atoms with Crippen LogP contribution >= 0.6 is 11.3 Å². The Labute approximate surface area is 154 Å². The fraction of sp³-hybridized carbons (Fsp3) is 0.722. The van der Waals surface area contributed by atoms with Gasteiger partial charge in [-0.1, -0.05) is 18.9 Å². The lowest BCUT2D eigenvalue weighted by atomic mass is 9.97. The smallest absolute Gasteiger partial charge is 0.252 e. The van der Waals surface area contributed by atoms with Gasteiger partial charge in [-0.25, -0.2) is 8.42 Å². The molecule has 4 rings (SSSR count). The molecule has 7 heteroatoms. The molecule has 3 aliphatic rings. The minimum absolute atomic E-state index is 0.176. The zero-order valence-corrected chi connectivity index (χ0v) is 16.1. The van der Waals surface area contributed by atoms with E-state index >= 15 is 0 Å². The predicted octanol–water partition coefficient (Wildman–Crippen LogP) is 3.08. The van der Waals surface area contributed by atoms with E-state index in [9.17, 15) is 13.2 Å². The van der Waals surface area contributed by atoms with Crippen molar-refractivity contribution < 1.29 is 13.2 Å². The molecule has 1 atom stereocenters. The van der Waals surface area contributed by atoms with Gasteiger partial charge in [0, 0.05) is 25.2 Å². The molecule has 25 heavy (non-hydrogen) atoms. The number of nitrogens with zero attached hydrogens (tertiary/aromatic N) is 2. The summed E-state index contributed by atoms with van der Waals surface area (Å²) >= 11 is 1.25. The summed E-state index contributed by atoms with van der Waals surface area (Å²) in [6.45, 7) is 0.867. The summed E-state index contributed by atoms with van der Waals surface area (Å²) in [5.41, 5.74) is 0. The molecule has 1 unspecified atom stereocenters. The second-order valence-corrected chi connectivity index (χ2v) is 10.7. The molecule has 0 aromatic carbocycles. The van der Waals surface area contributed by atoms with Crippen molar-refractivity contribution in [2.45, 2.75) is 67.7 Å². The molecule has 2 aliphatic carbocycles. The Hall–Kier alpha value is -0.920. The Kier molecular flexibility index (Phi) is 4.90. The number of thiophene rings is 1. The van der Waals surface area contributed by atoms with Gasteiger partial charge < -0.3 is 4.90 Å². The van der Waals surface area contributed by atoms with E-state index in [0.717, 1.165) is 38.5 Å².